The molecule has 4 nitrogen and oxygen atoms in total. The highest BCUT2D eigenvalue weighted by molar-refractivity contribution is 5.81. The number of aliphatic hydroxyl groups excluding tert-OH is 1. The number of nitrogens with two attached hydrogens (primary N) is 1. The van der Waals surface area contributed by atoms with E-state index in [0.29, 0.717) is 0 Å². The predicted molar refractivity (Wildman–Crippen MR) is 107 cm³/mol. The van der Waals surface area contributed by atoms with Crippen molar-refractivity contribution in [1.29, 1.82) is 0 Å². The van der Waals surface area contributed by atoms with Crippen LogP contribution < -0.4 is 11.1 Å². The number of aliphatic hydroxyl groups is 1. The molecule has 4 N–H and O–H groups in total. The number of nitrogens with one attached hydrogen (secondary N) is 1. The highest BCUT2D eigenvalue weighted by Crippen LogP contribution is 2.39. The number of rotatable bonds is 9. The second-order valence-corrected chi connectivity index (χ2v) is 10.7. The van der Waals surface area contributed by atoms with Crippen LogP contribution in [0.25, 0.3) is 0 Å². The summed E-state index contributed by atoms with van der Waals surface area (Å²) in [5.41, 5.74) is 5.17. The van der Waals surface area contributed by atoms with Crippen LogP contribution in [0.1, 0.15) is 75.2 Å². The molecule has 0 saturated heterocycles. The highest BCUT2D eigenvalue weighted by Gasteiger charge is 2.34. The maximum Gasteiger partial charge on any atom is 0.225 e. The summed E-state index contributed by atoms with van der Waals surface area (Å²) in [5, 5.41) is 12.3. The molecule has 0 spiro atoms. The Morgan fingerprint density at radius 3 is 1.80 bits per heavy atom. The smallest absolute Gasteiger partial charge is 0.225 e. The molecule has 0 radical (unpaired) electrons. The zero-order valence-electron chi connectivity index (χ0n) is 18.0. The third kappa shape index (κ3) is 10.7. The fourth-order valence-corrected chi connectivity index (χ4v) is 3.69. The highest BCUT2D eigenvalue weighted by atomic mass is 16.3. The summed E-state index contributed by atoms with van der Waals surface area (Å²) in [6.45, 7) is 19.9. The third-order valence-electron chi connectivity index (χ3n) is 4.25. The van der Waals surface area contributed by atoms with E-state index in [2.05, 4.69) is 65.9 Å². The van der Waals surface area contributed by atoms with Gasteiger partial charge in [0.2, 0.25) is 5.91 Å². The average Bonchev–Trinajstić information content (AvgIpc) is 2.38. The van der Waals surface area contributed by atoms with Gasteiger partial charge in [-0.1, -0.05) is 74.5 Å². The van der Waals surface area contributed by atoms with Gasteiger partial charge in [0.25, 0.3) is 0 Å². The van der Waals surface area contributed by atoms with Crippen LogP contribution in [0.5, 0.6) is 0 Å². The molecule has 0 aromatic heterocycles. The van der Waals surface area contributed by atoms with Gasteiger partial charge in [0, 0.05) is 18.5 Å². The van der Waals surface area contributed by atoms with Crippen LogP contribution in [-0.4, -0.2) is 30.2 Å². The maximum absolute atomic E-state index is 12.5. The molecule has 25 heavy (non-hydrogen) atoms. The van der Waals surface area contributed by atoms with E-state index in [1.165, 1.54) is 0 Å². The van der Waals surface area contributed by atoms with Crippen LogP contribution in [0, 0.1) is 21.7 Å². The molecule has 1 amide bonds. The van der Waals surface area contributed by atoms with E-state index in [-0.39, 0.29) is 35.2 Å². The van der Waals surface area contributed by atoms with Crippen LogP contribution in [0.15, 0.2) is 12.2 Å². The standard InChI is InChI=1S/C21H42N2O2/c1-18(2,3)14-19(4,5)10-11-20(6,7)15-21(8,9)17(25)23-13-16(24)12-22/h10-11,16,24H,12-15,22H2,1-9H3,(H,23,25)/b11-10-. The van der Waals surface area contributed by atoms with Crippen LogP contribution >= 0.6 is 0 Å². The first-order valence-electron chi connectivity index (χ1n) is 9.37. The van der Waals surface area contributed by atoms with E-state index in [1.54, 1.807) is 0 Å². The molecule has 148 valence electrons. The average molecular weight is 355 g/mol. The van der Waals surface area contributed by atoms with E-state index in [1.807, 2.05) is 13.8 Å². The lowest BCUT2D eigenvalue weighted by atomic mass is 9.71. The minimum absolute atomic E-state index is 0.0459. The SMILES string of the molecule is CC(C)(C)CC(C)(C)/C=C\C(C)(C)CC(C)(C)C(=O)NCC(O)CN. The second-order valence-electron chi connectivity index (χ2n) is 10.7. The number of carbonyl (C=O) groups is 1. The van der Waals surface area contributed by atoms with Crippen molar-refractivity contribution < 1.29 is 9.90 Å². The van der Waals surface area contributed by atoms with E-state index in [9.17, 15) is 9.90 Å². The first-order valence-corrected chi connectivity index (χ1v) is 9.37. The first-order chi connectivity index (χ1) is 11.0. The van der Waals surface area contributed by atoms with Gasteiger partial charge >= 0.3 is 0 Å². The Hall–Kier alpha value is -0.870. The van der Waals surface area contributed by atoms with Gasteiger partial charge in [0.1, 0.15) is 0 Å². The normalized spacial score (nSPS) is 15.5. The fourth-order valence-electron chi connectivity index (χ4n) is 3.69. The van der Waals surface area contributed by atoms with Crippen LogP contribution in [0.2, 0.25) is 0 Å². The van der Waals surface area contributed by atoms with E-state index < -0.39 is 11.5 Å². The molecule has 1 unspecified atom stereocenters. The Balaban J connectivity index is 4.92. The Bertz CT molecular complexity index is 457. The molecule has 0 aromatic carbocycles. The van der Waals surface area contributed by atoms with Crippen molar-refractivity contribution in [2.75, 3.05) is 13.1 Å². The third-order valence-corrected chi connectivity index (χ3v) is 4.25. The second kappa shape index (κ2) is 8.68. The summed E-state index contributed by atoms with van der Waals surface area (Å²) in [6, 6.07) is 0. The molecule has 0 aliphatic heterocycles. The largest absolute Gasteiger partial charge is 0.390 e. The minimum Gasteiger partial charge on any atom is -0.390 e. The maximum atomic E-state index is 12.5. The number of allylic oxidation sites excluding steroid dienone is 2. The molecule has 4 heteroatoms. The molecule has 0 saturated carbocycles. The number of hydrogen-bond acceptors (Lipinski definition) is 3. The summed E-state index contributed by atoms with van der Waals surface area (Å²) >= 11 is 0. The van der Waals surface area contributed by atoms with Gasteiger partial charge in [0.05, 0.1) is 6.10 Å². The number of carbonyl (C=O) groups excluding carboxylic acids is 1. The molecule has 0 aliphatic rings. The number of hydrogen-bond donors (Lipinski definition) is 3. The van der Waals surface area contributed by atoms with Gasteiger partial charge in [-0.3, -0.25) is 4.79 Å². The molecule has 0 fully saturated rings. The van der Waals surface area contributed by atoms with Crippen molar-refractivity contribution in [3.05, 3.63) is 12.2 Å². The molecule has 0 rings (SSSR count). The molecule has 0 aromatic rings. The van der Waals surface area contributed by atoms with Crippen molar-refractivity contribution in [2.45, 2.75) is 81.3 Å². The predicted octanol–water partition coefficient (Wildman–Crippen LogP) is 3.88. The van der Waals surface area contributed by atoms with E-state index in [4.69, 9.17) is 5.73 Å². The summed E-state index contributed by atoms with van der Waals surface area (Å²) in [4.78, 5) is 12.5. The molecule has 0 aliphatic carbocycles. The Labute approximate surface area is 155 Å². The van der Waals surface area contributed by atoms with Gasteiger partial charge in [-0.25, -0.2) is 0 Å². The summed E-state index contributed by atoms with van der Waals surface area (Å²) < 4.78 is 0. The van der Waals surface area contributed by atoms with Crippen molar-refractivity contribution in [2.24, 2.45) is 27.4 Å². The molecular formula is C21H42N2O2. The quantitative estimate of drug-likeness (QED) is 0.550. The lowest BCUT2D eigenvalue weighted by molar-refractivity contribution is -0.131. The zero-order chi connectivity index (χ0) is 20.1. The van der Waals surface area contributed by atoms with Crippen LogP contribution in [-0.2, 0) is 4.79 Å². The molecule has 0 bridgehead atoms. The topological polar surface area (TPSA) is 75.3 Å². The Morgan fingerprint density at radius 2 is 1.40 bits per heavy atom. The van der Waals surface area contributed by atoms with E-state index >= 15 is 0 Å². The summed E-state index contributed by atoms with van der Waals surface area (Å²) in [6.07, 6.45) is 5.69. The zero-order valence-corrected chi connectivity index (χ0v) is 18.0. The van der Waals surface area contributed by atoms with Gasteiger partial charge in [-0.2, -0.15) is 0 Å². The van der Waals surface area contributed by atoms with Gasteiger partial charge < -0.3 is 16.2 Å². The van der Waals surface area contributed by atoms with Crippen LogP contribution in [0.4, 0.5) is 0 Å². The first kappa shape index (κ1) is 24.1. The monoisotopic (exact) mass is 354 g/mol. The summed E-state index contributed by atoms with van der Waals surface area (Å²) in [5.74, 6) is -0.0459. The number of amides is 1. The fraction of sp³-hybridized carbons (Fsp3) is 0.857. The molecular weight excluding hydrogens is 312 g/mol. The van der Waals surface area contributed by atoms with Gasteiger partial charge in [0.15, 0.2) is 0 Å². The van der Waals surface area contributed by atoms with Crippen LogP contribution in [0.3, 0.4) is 0 Å². The molecule has 0 heterocycles. The minimum atomic E-state index is -0.689. The lowest BCUT2D eigenvalue weighted by Gasteiger charge is -2.34. The van der Waals surface area contributed by atoms with Crippen molar-refractivity contribution in [3.8, 4) is 0 Å². The van der Waals surface area contributed by atoms with Crippen molar-refractivity contribution in [3.63, 3.8) is 0 Å². The Kier molecular flexibility index (Phi) is 8.38. The van der Waals surface area contributed by atoms with Crippen molar-refractivity contribution >= 4 is 5.91 Å². The molecule has 1 atom stereocenters. The Morgan fingerprint density at radius 1 is 0.960 bits per heavy atom. The van der Waals surface area contributed by atoms with E-state index in [0.717, 1.165) is 12.8 Å². The van der Waals surface area contributed by atoms with Gasteiger partial charge in [-0.05, 0) is 29.1 Å². The van der Waals surface area contributed by atoms with Crippen molar-refractivity contribution in [1.82, 2.24) is 5.32 Å². The van der Waals surface area contributed by atoms with Gasteiger partial charge in [-0.15, -0.1) is 0 Å². The lowest BCUT2D eigenvalue weighted by Crippen LogP contribution is -2.43. The summed E-state index contributed by atoms with van der Waals surface area (Å²) in [7, 11) is 0.